The van der Waals surface area contributed by atoms with Crippen LogP contribution >= 0.6 is 0 Å². The van der Waals surface area contributed by atoms with Crippen LogP contribution in [0.5, 0.6) is 0 Å². The third-order valence-electron chi connectivity index (χ3n) is 4.76. The number of hydrogen-bond donors (Lipinski definition) is 1. The van der Waals surface area contributed by atoms with E-state index in [-0.39, 0.29) is 0 Å². The fourth-order valence-electron chi connectivity index (χ4n) is 3.56. The number of fused-ring (bicyclic) bond motifs is 1. The largest absolute Gasteiger partial charge is 0.363 e. The molecule has 1 atom stereocenters. The van der Waals surface area contributed by atoms with Gasteiger partial charge in [0.05, 0.1) is 0 Å². The molecular formula is C15H25N5O. The summed E-state index contributed by atoms with van der Waals surface area (Å²) >= 11 is 0. The SMILES string of the molecule is NC(=O)c1nccn1CCN1CCN2CCCCCC2C1. The summed E-state index contributed by atoms with van der Waals surface area (Å²) in [7, 11) is 0. The number of carbonyl (C=O) groups excluding carboxylic acids is 1. The van der Waals surface area contributed by atoms with E-state index in [1.165, 1.54) is 38.8 Å². The minimum absolute atomic E-state index is 0.364. The van der Waals surface area contributed by atoms with Crippen LogP contribution in [0.4, 0.5) is 0 Å². The third kappa shape index (κ3) is 3.44. The fourth-order valence-corrected chi connectivity index (χ4v) is 3.56. The fraction of sp³-hybridized carbons (Fsp3) is 0.733. The van der Waals surface area contributed by atoms with Crippen LogP contribution in [0.25, 0.3) is 0 Å². The van der Waals surface area contributed by atoms with Crippen molar-refractivity contribution >= 4 is 5.91 Å². The van der Waals surface area contributed by atoms with Crippen molar-refractivity contribution in [2.75, 3.05) is 32.7 Å². The van der Waals surface area contributed by atoms with Crippen molar-refractivity contribution in [3.8, 4) is 0 Å². The second-order valence-corrected chi connectivity index (χ2v) is 6.15. The van der Waals surface area contributed by atoms with Crippen LogP contribution in [0, 0.1) is 0 Å². The van der Waals surface area contributed by atoms with Crippen LogP contribution in [-0.4, -0.2) is 64.0 Å². The van der Waals surface area contributed by atoms with Gasteiger partial charge >= 0.3 is 0 Å². The zero-order chi connectivity index (χ0) is 14.7. The Morgan fingerprint density at radius 2 is 2.14 bits per heavy atom. The van der Waals surface area contributed by atoms with E-state index in [4.69, 9.17) is 5.73 Å². The Balaban J connectivity index is 1.54. The molecule has 6 heteroatoms. The van der Waals surface area contributed by atoms with Crippen LogP contribution in [0.1, 0.15) is 36.3 Å². The van der Waals surface area contributed by atoms with Gasteiger partial charge in [0.1, 0.15) is 0 Å². The lowest BCUT2D eigenvalue weighted by atomic mass is 10.1. The standard InChI is InChI=1S/C15H25N5O/c16-14(21)15-17-5-7-20(15)11-9-18-8-10-19-6-3-1-2-4-13(19)12-18/h5,7,13H,1-4,6,8-12H2,(H2,16,21). The van der Waals surface area contributed by atoms with E-state index in [1.54, 1.807) is 6.20 Å². The van der Waals surface area contributed by atoms with Gasteiger partial charge in [-0.15, -0.1) is 0 Å². The molecule has 1 amide bonds. The lowest BCUT2D eigenvalue weighted by Crippen LogP contribution is -2.53. The Hall–Kier alpha value is -1.40. The first-order chi connectivity index (χ1) is 10.2. The maximum Gasteiger partial charge on any atom is 0.284 e. The lowest BCUT2D eigenvalue weighted by Gasteiger charge is -2.40. The molecule has 6 nitrogen and oxygen atoms in total. The normalized spacial score (nSPS) is 24.5. The molecule has 2 saturated heterocycles. The zero-order valence-electron chi connectivity index (χ0n) is 12.6. The second-order valence-electron chi connectivity index (χ2n) is 6.15. The first-order valence-electron chi connectivity index (χ1n) is 8.01. The van der Waals surface area contributed by atoms with E-state index in [9.17, 15) is 4.79 Å². The number of imidazole rings is 1. The lowest BCUT2D eigenvalue weighted by molar-refractivity contribution is 0.0739. The first kappa shape index (κ1) is 14.5. The van der Waals surface area contributed by atoms with Gasteiger partial charge < -0.3 is 10.3 Å². The summed E-state index contributed by atoms with van der Waals surface area (Å²) in [6.07, 6.45) is 8.90. The topological polar surface area (TPSA) is 67.4 Å². The smallest absolute Gasteiger partial charge is 0.284 e. The average Bonchev–Trinajstić information content (AvgIpc) is 2.83. The molecule has 21 heavy (non-hydrogen) atoms. The maximum absolute atomic E-state index is 11.3. The van der Waals surface area contributed by atoms with Crippen molar-refractivity contribution in [2.24, 2.45) is 5.73 Å². The minimum atomic E-state index is -0.450. The van der Waals surface area contributed by atoms with Gasteiger partial charge in [0, 0.05) is 51.2 Å². The van der Waals surface area contributed by atoms with Gasteiger partial charge in [0.25, 0.3) is 5.91 Å². The molecule has 1 unspecified atom stereocenters. The molecule has 0 aromatic carbocycles. The van der Waals surface area contributed by atoms with Crippen LogP contribution in [-0.2, 0) is 6.54 Å². The molecule has 0 bridgehead atoms. The summed E-state index contributed by atoms with van der Waals surface area (Å²) in [6.45, 7) is 6.47. The van der Waals surface area contributed by atoms with E-state index in [1.807, 2.05) is 10.8 Å². The number of primary amides is 1. The van der Waals surface area contributed by atoms with Gasteiger partial charge in [-0.05, 0) is 19.4 Å². The van der Waals surface area contributed by atoms with Crippen molar-refractivity contribution in [1.29, 1.82) is 0 Å². The van der Waals surface area contributed by atoms with Crippen molar-refractivity contribution in [1.82, 2.24) is 19.4 Å². The molecule has 2 aliphatic rings. The number of carbonyl (C=O) groups is 1. The van der Waals surface area contributed by atoms with Gasteiger partial charge in [-0.25, -0.2) is 4.98 Å². The molecule has 3 heterocycles. The average molecular weight is 291 g/mol. The number of nitrogens with two attached hydrogens (primary N) is 1. The van der Waals surface area contributed by atoms with Gasteiger partial charge in [-0.1, -0.05) is 12.8 Å². The van der Waals surface area contributed by atoms with E-state index >= 15 is 0 Å². The molecular weight excluding hydrogens is 266 g/mol. The van der Waals surface area contributed by atoms with Gasteiger partial charge in [-0.2, -0.15) is 0 Å². The van der Waals surface area contributed by atoms with Crippen molar-refractivity contribution in [2.45, 2.75) is 38.3 Å². The third-order valence-corrected chi connectivity index (χ3v) is 4.76. The minimum Gasteiger partial charge on any atom is -0.363 e. The first-order valence-corrected chi connectivity index (χ1v) is 8.01. The highest BCUT2D eigenvalue weighted by molar-refractivity contribution is 5.89. The molecule has 0 radical (unpaired) electrons. The Kier molecular flexibility index (Phi) is 4.55. The number of amides is 1. The Labute approximate surface area is 125 Å². The summed E-state index contributed by atoms with van der Waals surface area (Å²) in [5, 5.41) is 0. The van der Waals surface area contributed by atoms with E-state index in [0.29, 0.717) is 5.82 Å². The second kappa shape index (κ2) is 6.58. The predicted molar refractivity (Wildman–Crippen MR) is 81.0 cm³/mol. The van der Waals surface area contributed by atoms with Crippen molar-refractivity contribution in [3.63, 3.8) is 0 Å². The molecule has 3 rings (SSSR count). The summed E-state index contributed by atoms with van der Waals surface area (Å²) in [6, 6.07) is 0.722. The quantitative estimate of drug-likeness (QED) is 0.879. The molecule has 2 fully saturated rings. The van der Waals surface area contributed by atoms with Crippen LogP contribution in [0.2, 0.25) is 0 Å². The highest BCUT2D eigenvalue weighted by Gasteiger charge is 2.27. The molecule has 1 aromatic heterocycles. The van der Waals surface area contributed by atoms with Gasteiger partial charge in [0.15, 0.2) is 5.82 Å². The number of rotatable bonds is 4. The number of aromatic nitrogens is 2. The molecule has 0 saturated carbocycles. The summed E-state index contributed by atoms with van der Waals surface area (Å²) < 4.78 is 1.86. The van der Waals surface area contributed by atoms with Crippen LogP contribution in [0.3, 0.4) is 0 Å². The van der Waals surface area contributed by atoms with Gasteiger partial charge in [0.2, 0.25) is 0 Å². The summed E-state index contributed by atoms with van der Waals surface area (Å²) in [5.41, 5.74) is 5.33. The molecule has 0 spiro atoms. The molecule has 116 valence electrons. The van der Waals surface area contributed by atoms with E-state index in [2.05, 4.69) is 14.8 Å². The Morgan fingerprint density at radius 1 is 1.24 bits per heavy atom. The van der Waals surface area contributed by atoms with Crippen molar-refractivity contribution < 1.29 is 4.79 Å². The Bertz CT molecular complexity index is 486. The summed E-state index contributed by atoms with van der Waals surface area (Å²) in [4.78, 5) is 20.5. The molecule has 1 aromatic rings. The molecule has 2 aliphatic heterocycles. The number of nitrogens with zero attached hydrogens (tertiary/aromatic N) is 4. The molecule has 2 N–H and O–H groups in total. The Morgan fingerprint density at radius 3 is 3.00 bits per heavy atom. The molecule has 0 aliphatic carbocycles. The summed E-state index contributed by atoms with van der Waals surface area (Å²) in [5.74, 6) is -0.0864. The van der Waals surface area contributed by atoms with E-state index in [0.717, 1.165) is 32.2 Å². The number of hydrogen-bond acceptors (Lipinski definition) is 4. The highest BCUT2D eigenvalue weighted by atomic mass is 16.1. The van der Waals surface area contributed by atoms with Crippen molar-refractivity contribution in [3.05, 3.63) is 18.2 Å². The highest BCUT2D eigenvalue weighted by Crippen LogP contribution is 2.20. The predicted octanol–water partition coefficient (Wildman–Crippen LogP) is 0.542. The van der Waals surface area contributed by atoms with Crippen LogP contribution in [0.15, 0.2) is 12.4 Å². The zero-order valence-corrected chi connectivity index (χ0v) is 12.6. The van der Waals surface area contributed by atoms with E-state index < -0.39 is 5.91 Å². The van der Waals surface area contributed by atoms with Gasteiger partial charge in [-0.3, -0.25) is 14.6 Å². The maximum atomic E-state index is 11.3. The number of piperazine rings is 1. The van der Waals surface area contributed by atoms with Crippen LogP contribution < -0.4 is 5.73 Å². The monoisotopic (exact) mass is 291 g/mol.